The Labute approximate surface area is 191 Å². The molecule has 1 saturated carbocycles. The predicted octanol–water partition coefficient (Wildman–Crippen LogP) is 3.15. The van der Waals surface area contributed by atoms with Gasteiger partial charge in [-0.15, -0.1) is 5.10 Å². The van der Waals surface area contributed by atoms with Gasteiger partial charge in [0.1, 0.15) is 12.4 Å². The molecule has 33 heavy (non-hydrogen) atoms. The van der Waals surface area contributed by atoms with Crippen LogP contribution in [0.5, 0.6) is 6.01 Å². The molecule has 0 saturated heterocycles. The summed E-state index contributed by atoms with van der Waals surface area (Å²) in [5, 5.41) is 18.4. The summed E-state index contributed by atoms with van der Waals surface area (Å²) in [5.74, 6) is 0.0979. The number of ether oxygens (including phenoxy) is 1. The summed E-state index contributed by atoms with van der Waals surface area (Å²) >= 11 is 0. The Kier molecular flexibility index (Phi) is 5.16. The van der Waals surface area contributed by atoms with E-state index in [4.69, 9.17) is 4.74 Å². The molecule has 1 aliphatic carbocycles. The predicted molar refractivity (Wildman–Crippen MR) is 118 cm³/mol. The van der Waals surface area contributed by atoms with Crippen molar-refractivity contribution in [2.75, 3.05) is 5.32 Å². The molecule has 0 spiro atoms. The van der Waals surface area contributed by atoms with Crippen molar-refractivity contribution in [3.63, 3.8) is 0 Å². The summed E-state index contributed by atoms with van der Waals surface area (Å²) in [4.78, 5) is -0.0208. The maximum absolute atomic E-state index is 14.8. The van der Waals surface area contributed by atoms with Crippen molar-refractivity contribution >= 4 is 21.5 Å². The van der Waals surface area contributed by atoms with Gasteiger partial charge in [-0.1, -0.05) is 5.10 Å². The van der Waals surface area contributed by atoms with Gasteiger partial charge in [-0.05, 0) is 52.2 Å². The molecule has 1 aromatic carbocycles. The van der Waals surface area contributed by atoms with E-state index in [1.54, 1.807) is 6.33 Å². The number of halogens is 1. The minimum atomic E-state index is -3.62. The van der Waals surface area contributed by atoms with E-state index in [-0.39, 0.29) is 40.3 Å². The number of hydrogen-bond donors (Lipinski definition) is 3. The van der Waals surface area contributed by atoms with Crippen molar-refractivity contribution in [2.45, 2.75) is 69.0 Å². The van der Waals surface area contributed by atoms with Crippen LogP contribution in [-0.2, 0) is 22.1 Å². The second-order valence-electron chi connectivity index (χ2n) is 9.47. The molecule has 5 rings (SSSR count). The Balaban J connectivity index is 1.26. The third-order valence-electron chi connectivity index (χ3n) is 6.12. The number of aromatic amines is 1. The quantitative estimate of drug-likeness (QED) is 0.517. The highest BCUT2D eigenvalue weighted by atomic mass is 32.2. The topological polar surface area (TPSA) is 127 Å². The molecule has 1 fully saturated rings. The maximum atomic E-state index is 14.8. The van der Waals surface area contributed by atoms with E-state index >= 15 is 0 Å². The molecule has 0 unspecified atom stereocenters. The lowest BCUT2D eigenvalue weighted by atomic mass is 10.0. The van der Waals surface area contributed by atoms with Crippen LogP contribution in [-0.4, -0.2) is 39.5 Å². The molecular formula is C21H26FN7O3S. The number of fused-ring (bicyclic) bond motifs is 1. The number of H-pyrrole nitrogens is 1. The van der Waals surface area contributed by atoms with Crippen molar-refractivity contribution in [1.29, 1.82) is 0 Å². The fourth-order valence-corrected chi connectivity index (χ4v) is 5.58. The summed E-state index contributed by atoms with van der Waals surface area (Å²) < 4.78 is 49.0. The third-order valence-corrected chi connectivity index (χ3v) is 7.61. The van der Waals surface area contributed by atoms with E-state index in [2.05, 4.69) is 51.2 Å². The first kappa shape index (κ1) is 21.8. The van der Waals surface area contributed by atoms with Crippen LogP contribution < -0.4 is 14.8 Å². The number of benzene rings is 1. The van der Waals surface area contributed by atoms with Gasteiger partial charge in [0, 0.05) is 35.3 Å². The molecule has 0 radical (unpaired) electrons. The van der Waals surface area contributed by atoms with Crippen LogP contribution in [0.4, 0.5) is 15.9 Å². The number of nitrogens with zero attached hydrogens (tertiary/aromatic N) is 4. The number of hydrogen-bond acceptors (Lipinski definition) is 7. The molecule has 2 atom stereocenters. The van der Waals surface area contributed by atoms with Gasteiger partial charge >= 0.3 is 6.01 Å². The smallest absolute Gasteiger partial charge is 0.317 e. The molecule has 2 aromatic heterocycles. The zero-order chi connectivity index (χ0) is 23.4. The highest BCUT2D eigenvalue weighted by molar-refractivity contribution is 7.89. The van der Waals surface area contributed by atoms with Crippen LogP contribution in [0.3, 0.4) is 0 Å². The highest BCUT2D eigenvalue weighted by Crippen LogP contribution is 2.37. The number of nitrogens with one attached hydrogen (secondary N) is 3. The molecular weight excluding hydrogens is 449 g/mol. The summed E-state index contributed by atoms with van der Waals surface area (Å²) in [7, 11) is -3.62. The van der Waals surface area contributed by atoms with Gasteiger partial charge in [-0.3, -0.25) is 9.67 Å². The molecule has 3 aromatic rings. The van der Waals surface area contributed by atoms with Crippen LogP contribution in [0.2, 0.25) is 0 Å². The summed E-state index contributed by atoms with van der Waals surface area (Å²) in [5.41, 5.74) is 1.08. The first-order valence-corrected chi connectivity index (χ1v) is 12.3. The first-order chi connectivity index (χ1) is 15.6. The van der Waals surface area contributed by atoms with E-state index in [1.165, 1.54) is 12.1 Å². The summed E-state index contributed by atoms with van der Waals surface area (Å²) in [6, 6.07) is 5.19. The fraction of sp³-hybridized carbons (Fsp3) is 0.476. The van der Waals surface area contributed by atoms with Gasteiger partial charge in [0.05, 0.1) is 10.6 Å². The lowest BCUT2D eigenvalue weighted by Gasteiger charge is -2.23. The van der Waals surface area contributed by atoms with Crippen LogP contribution >= 0.6 is 0 Å². The minimum absolute atomic E-state index is 0.0172. The number of anilines is 2. The number of aromatic nitrogens is 5. The van der Waals surface area contributed by atoms with Crippen molar-refractivity contribution in [1.82, 2.24) is 29.7 Å². The first-order valence-electron chi connectivity index (χ1n) is 10.8. The van der Waals surface area contributed by atoms with E-state index in [1.807, 2.05) is 10.6 Å². The van der Waals surface area contributed by atoms with E-state index < -0.39 is 15.8 Å². The highest BCUT2D eigenvalue weighted by Gasteiger charge is 2.32. The lowest BCUT2D eigenvalue weighted by molar-refractivity contribution is 0.168. The Morgan fingerprint density at radius 2 is 2.09 bits per heavy atom. The van der Waals surface area contributed by atoms with Crippen molar-refractivity contribution in [3.05, 3.63) is 41.6 Å². The van der Waals surface area contributed by atoms with Crippen LogP contribution in [0.15, 0.2) is 29.4 Å². The van der Waals surface area contributed by atoms with E-state index in [0.717, 1.165) is 25.0 Å². The second kappa shape index (κ2) is 7.80. The van der Waals surface area contributed by atoms with Crippen LogP contribution in [0, 0.1) is 5.82 Å². The Hall–Kier alpha value is -2.99. The van der Waals surface area contributed by atoms with Crippen LogP contribution in [0.25, 0.3) is 0 Å². The van der Waals surface area contributed by atoms with Gasteiger partial charge in [0.15, 0.2) is 11.6 Å². The van der Waals surface area contributed by atoms with Gasteiger partial charge in [0.2, 0.25) is 10.0 Å². The van der Waals surface area contributed by atoms with Gasteiger partial charge in [-0.2, -0.15) is 5.10 Å². The van der Waals surface area contributed by atoms with E-state index in [9.17, 15) is 12.8 Å². The SMILES string of the molecule is CC(C)(C)n1cnnc1O[C@@H]1CC[C@H](c2cc(Nc3ccc4c(c3F)CNS4(=O)=O)n[nH]2)C1. The summed E-state index contributed by atoms with van der Waals surface area (Å²) in [6.45, 7) is 6.15. The molecule has 0 bridgehead atoms. The molecule has 3 N–H and O–H groups in total. The molecule has 1 aliphatic heterocycles. The van der Waals surface area contributed by atoms with Gasteiger partial charge in [0.25, 0.3) is 0 Å². The number of sulfonamides is 1. The fourth-order valence-electron chi connectivity index (χ4n) is 4.35. The Morgan fingerprint density at radius 3 is 2.88 bits per heavy atom. The summed E-state index contributed by atoms with van der Waals surface area (Å²) in [6.07, 6.45) is 4.30. The second-order valence-corrected chi connectivity index (χ2v) is 11.2. The third kappa shape index (κ3) is 4.08. The average molecular weight is 476 g/mol. The Bertz CT molecular complexity index is 1300. The van der Waals surface area contributed by atoms with Crippen molar-refractivity contribution < 1.29 is 17.5 Å². The molecule has 0 amide bonds. The monoisotopic (exact) mass is 475 g/mol. The van der Waals surface area contributed by atoms with Gasteiger partial charge < -0.3 is 10.1 Å². The van der Waals surface area contributed by atoms with Crippen molar-refractivity contribution in [2.24, 2.45) is 0 Å². The molecule has 2 aliphatic rings. The average Bonchev–Trinajstić information content (AvgIpc) is 3.51. The van der Waals surface area contributed by atoms with E-state index in [0.29, 0.717) is 11.8 Å². The minimum Gasteiger partial charge on any atom is -0.460 e. The lowest BCUT2D eigenvalue weighted by Crippen LogP contribution is -2.24. The van der Waals surface area contributed by atoms with Crippen LogP contribution in [0.1, 0.15) is 57.2 Å². The zero-order valence-corrected chi connectivity index (χ0v) is 19.4. The standard InChI is InChI=1S/C21H26FN7O3S/c1-21(2,3)29-11-23-28-20(29)32-13-5-4-12(8-13)16-9-18(27-26-16)25-15-6-7-17-14(19(15)22)10-24-33(17,30)31/h6-7,9,11-13,24H,4-5,8,10H2,1-3H3,(H2,25,26,27)/t12-,13+/m0/s1. The largest absolute Gasteiger partial charge is 0.460 e. The normalized spacial score (nSPS) is 21.8. The molecule has 3 heterocycles. The molecule has 176 valence electrons. The van der Waals surface area contributed by atoms with Crippen molar-refractivity contribution in [3.8, 4) is 6.01 Å². The maximum Gasteiger partial charge on any atom is 0.317 e. The number of rotatable bonds is 5. The molecule has 12 heteroatoms. The Morgan fingerprint density at radius 1 is 1.27 bits per heavy atom. The molecule has 10 nitrogen and oxygen atoms in total. The van der Waals surface area contributed by atoms with Gasteiger partial charge in [-0.25, -0.2) is 17.5 Å². The zero-order valence-electron chi connectivity index (χ0n) is 18.6.